The first kappa shape index (κ1) is 49.3. The van der Waals surface area contributed by atoms with E-state index in [9.17, 15) is 9.59 Å². The summed E-state index contributed by atoms with van der Waals surface area (Å²) in [5.41, 5.74) is 5.21. The lowest BCUT2D eigenvalue weighted by atomic mass is 10.0. The molecule has 0 aromatic rings. The Morgan fingerprint density at radius 1 is 0.326 bits per heavy atom. The van der Waals surface area contributed by atoms with Crippen molar-refractivity contribution in [2.75, 3.05) is 6.54 Å². The van der Waals surface area contributed by atoms with Gasteiger partial charge in [0.15, 0.2) is 0 Å². The monoisotopic (exact) mass is 656 g/mol. The first-order valence-electron chi connectivity index (χ1n) is 20.6. The average Bonchev–Trinajstić information content (AvgIpc) is 3.04. The van der Waals surface area contributed by atoms with E-state index in [4.69, 9.17) is 15.9 Å². The van der Waals surface area contributed by atoms with Crippen LogP contribution in [0.5, 0.6) is 0 Å². The fourth-order valence-corrected chi connectivity index (χ4v) is 5.69. The van der Waals surface area contributed by atoms with E-state index in [1.54, 1.807) is 0 Å². The fraction of sp³-hybridized carbons (Fsp3) is 0.951. The minimum atomic E-state index is -0.653. The van der Waals surface area contributed by atoms with Crippen molar-refractivity contribution in [3.8, 4) is 0 Å². The van der Waals surface area contributed by atoms with Crippen molar-refractivity contribution in [2.24, 2.45) is 5.73 Å². The SMILES string of the molecule is CCCCCCCCCCCCCCCCCC(=O)O.CCCCCCCCCCCCCCCCCC(=O)O.CCCCCN. The van der Waals surface area contributed by atoms with Crippen LogP contribution in [0.25, 0.3) is 0 Å². The summed E-state index contributed by atoms with van der Waals surface area (Å²) in [6.45, 7) is 7.57. The molecule has 0 aliphatic heterocycles. The number of carboxylic acid groups (broad SMARTS) is 2. The maximum absolute atomic E-state index is 10.3. The molecule has 0 rings (SSSR count). The van der Waals surface area contributed by atoms with Crippen LogP contribution in [0.1, 0.15) is 245 Å². The lowest BCUT2D eigenvalue weighted by molar-refractivity contribution is -0.138. The zero-order valence-electron chi connectivity index (χ0n) is 31.7. The van der Waals surface area contributed by atoms with Crippen molar-refractivity contribution in [2.45, 2.75) is 245 Å². The molecular weight excluding hydrogens is 570 g/mol. The molecule has 0 aliphatic rings. The largest absolute Gasteiger partial charge is 0.481 e. The smallest absolute Gasteiger partial charge is 0.303 e. The Morgan fingerprint density at radius 3 is 0.652 bits per heavy atom. The molecule has 0 spiro atoms. The molecule has 0 aliphatic carbocycles. The fourth-order valence-electron chi connectivity index (χ4n) is 5.69. The Bertz CT molecular complexity index is 507. The van der Waals surface area contributed by atoms with Crippen molar-refractivity contribution in [1.82, 2.24) is 0 Å². The number of unbranched alkanes of at least 4 members (excludes halogenated alkanes) is 30. The third-order valence-corrected chi connectivity index (χ3v) is 8.80. The van der Waals surface area contributed by atoms with Gasteiger partial charge in [-0.1, -0.05) is 213 Å². The highest BCUT2D eigenvalue weighted by molar-refractivity contribution is 5.66. The van der Waals surface area contributed by atoms with Crippen LogP contribution in [0.15, 0.2) is 0 Å². The molecule has 4 N–H and O–H groups in total. The molecule has 5 nitrogen and oxygen atoms in total. The maximum Gasteiger partial charge on any atom is 0.303 e. The minimum Gasteiger partial charge on any atom is -0.481 e. The third-order valence-electron chi connectivity index (χ3n) is 8.80. The summed E-state index contributed by atoms with van der Waals surface area (Å²) < 4.78 is 0. The predicted molar refractivity (Wildman–Crippen MR) is 203 cm³/mol. The van der Waals surface area contributed by atoms with Crippen molar-refractivity contribution >= 4 is 11.9 Å². The van der Waals surface area contributed by atoms with E-state index in [1.807, 2.05) is 0 Å². The van der Waals surface area contributed by atoms with Gasteiger partial charge in [0.25, 0.3) is 0 Å². The highest BCUT2D eigenvalue weighted by atomic mass is 16.4. The number of hydrogen-bond donors (Lipinski definition) is 3. The van der Waals surface area contributed by atoms with Crippen LogP contribution >= 0.6 is 0 Å². The van der Waals surface area contributed by atoms with Gasteiger partial charge in [-0.25, -0.2) is 0 Å². The van der Waals surface area contributed by atoms with Crippen LogP contribution in [0.2, 0.25) is 0 Å². The van der Waals surface area contributed by atoms with Crippen molar-refractivity contribution in [1.29, 1.82) is 0 Å². The molecule has 0 heterocycles. The first-order valence-corrected chi connectivity index (χ1v) is 20.6. The van der Waals surface area contributed by atoms with Crippen LogP contribution in [0.3, 0.4) is 0 Å². The summed E-state index contributed by atoms with van der Waals surface area (Å²) in [6, 6.07) is 0. The molecule has 0 amide bonds. The van der Waals surface area contributed by atoms with E-state index in [2.05, 4.69) is 20.8 Å². The zero-order chi connectivity index (χ0) is 34.6. The number of carbonyl (C=O) groups is 2. The number of hydrogen-bond acceptors (Lipinski definition) is 3. The summed E-state index contributed by atoms with van der Waals surface area (Å²) in [5.74, 6) is -1.31. The van der Waals surface area contributed by atoms with Gasteiger partial charge in [-0.2, -0.15) is 0 Å². The molecule has 0 fully saturated rings. The second-order valence-corrected chi connectivity index (χ2v) is 13.7. The van der Waals surface area contributed by atoms with Crippen LogP contribution in [-0.2, 0) is 9.59 Å². The van der Waals surface area contributed by atoms with Crippen molar-refractivity contribution in [3.05, 3.63) is 0 Å². The molecule has 0 radical (unpaired) electrons. The summed E-state index contributed by atoms with van der Waals surface area (Å²) in [6.07, 6.45) is 44.2. The molecule has 0 unspecified atom stereocenters. The van der Waals surface area contributed by atoms with E-state index < -0.39 is 11.9 Å². The normalized spacial score (nSPS) is 10.6. The number of aliphatic carboxylic acids is 2. The lowest BCUT2D eigenvalue weighted by Crippen LogP contribution is -1.96. The molecule has 0 saturated carbocycles. The maximum atomic E-state index is 10.3. The summed E-state index contributed by atoms with van der Waals surface area (Å²) >= 11 is 0. The Labute approximate surface area is 289 Å². The van der Waals surface area contributed by atoms with Crippen LogP contribution in [0, 0.1) is 0 Å². The second kappa shape index (κ2) is 48.3. The summed E-state index contributed by atoms with van der Waals surface area (Å²) in [5, 5.41) is 17.0. The van der Waals surface area contributed by atoms with Gasteiger partial charge in [0, 0.05) is 12.8 Å². The quantitative estimate of drug-likeness (QED) is 0.0590. The number of nitrogens with two attached hydrogens (primary N) is 1. The van der Waals surface area contributed by atoms with E-state index in [1.165, 1.54) is 186 Å². The number of carboxylic acids is 2. The van der Waals surface area contributed by atoms with Crippen molar-refractivity contribution in [3.63, 3.8) is 0 Å². The molecule has 0 atom stereocenters. The molecule has 0 aromatic carbocycles. The highest BCUT2D eigenvalue weighted by Gasteiger charge is 1.98. The third kappa shape index (κ3) is 58.4. The van der Waals surface area contributed by atoms with Gasteiger partial charge < -0.3 is 15.9 Å². The Morgan fingerprint density at radius 2 is 0.500 bits per heavy atom. The summed E-state index contributed by atoms with van der Waals surface area (Å²) in [7, 11) is 0. The minimum absolute atomic E-state index is 0.345. The zero-order valence-corrected chi connectivity index (χ0v) is 31.7. The van der Waals surface area contributed by atoms with Gasteiger partial charge >= 0.3 is 11.9 Å². The molecular formula is C41H85NO4. The van der Waals surface area contributed by atoms with E-state index >= 15 is 0 Å². The Kier molecular flexibility index (Phi) is 51.8. The van der Waals surface area contributed by atoms with E-state index in [-0.39, 0.29) is 0 Å². The Hall–Kier alpha value is -1.10. The topological polar surface area (TPSA) is 101 Å². The second-order valence-electron chi connectivity index (χ2n) is 13.7. The standard InChI is InChI=1S/2C18H36O2.C5H13N/c2*1-2-3-4-5-6-7-8-9-10-11-12-13-14-15-16-17-18(19)20;1-2-3-4-5-6/h2*2-17H2,1H3,(H,19,20);2-6H2,1H3. The van der Waals surface area contributed by atoms with Crippen molar-refractivity contribution < 1.29 is 19.8 Å². The van der Waals surface area contributed by atoms with Gasteiger partial charge in [0.2, 0.25) is 0 Å². The van der Waals surface area contributed by atoms with E-state index in [0.29, 0.717) is 12.8 Å². The average molecular weight is 656 g/mol. The number of rotatable bonds is 35. The molecule has 278 valence electrons. The summed E-state index contributed by atoms with van der Waals surface area (Å²) in [4.78, 5) is 20.7. The lowest BCUT2D eigenvalue weighted by Gasteiger charge is -2.03. The molecule has 46 heavy (non-hydrogen) atoms. The van der Waals surface area contributed by atoms with Crippen LogP contribution in [-0.4, -0.2) is 28.7 Å². The van der Waals surface area contributed by atoms with E-state index in [0.717, 1.165) is 32.2 Å². The van der Waals surface area contributed by atoms with Gasteiger partial charge in [-0.3, -0.25) is 9.59 Å². The van der Waals surface area contributed by atoms with Gasteiger partial charge in [0.1, 0.15) is 0 Å². The predicted octanol–water partition coefficient (Wildman–Crippen LogP) is 13.8. The highest BCUT2D eigenvalue weighted by Crippen LogP contribution is 2.15. The van der Waals surface area contributed by atoms with Crippen LogP contribution in [0.4, 0.5) is 0 Å². The van der Waals surface area contributed by atoms with Gasteiger partial charge in [0.05, 0.1) is 0 Å². The van der Waals surface area contributed by atoms with Crippen LogP contribution < -0.4 is 5.73 Å². The molecule has 0 aromatic heterocycles. The first-order chi connectivity index (χ1) is 22.5. The molecule has 0 saturated heterocycles. The molecule has 0 bridgehead atoms. The van der Waals surface area contributed by atoms with Gasteiger partial charge in [-0.05, 0) is 25.8 Å². The van der Waals surface area contributed by atoms with Gasteiger partial charge in [-0.15, -0.1) is 0 Å². The molecule has 5 heteroatoms. The Balaban J connectivity index is -0.000000682.